The molecule has 2 aromatic carbocycles. The van der Waals surface area contributed by atoms with Crippen molar-refractivity contribution in [2.24, 2.45) is 0 Å². The van der Waals surface area contributed by atoms with Gasteiger partial charge in [-0.15, -0.1) is 0 Å². The molecule has 3 N–H and O–H groups in total. The molecule has 1 fully saturated rings. The first kappa shape index (κ1) is 23.8. The lowest BCUT2D eigenvalue weighted by Gasteiger charge is -2.23. The van der Waals surface area contributed by atoms with E-state index in [-0.39, 0.29) is 11.8 Å². The SMILES string of the molecule is Cc1ccc(C(=O)NCCN(C)C(=O)C(Cc2c[nH]c3c(Cl)cccc23)NC=O)cc1C1CC1. The third-order valence-electron chi connectivity index (χ3n) is 6.41. The molecule has 3 aromatic rings. The minimum Gasteiger partial charge on any atom is -0.360 e. The van der Waals surface area contributed by atoms with Gasteiger partial charge in [-0.05, 0) is 60.6 Å². The number of nitrogens with one attached hydrogen (secondary N) is 3. The van der Waals surface area contributed by atoms with Gasteiger partial charge in [-0.25, -0.2) is 0 Å². The number of aromatic nitrogens is 1. The molecular weight excluding hydrogens is 452 g/mol. The summed E-state index contributed by atoms with van der Waals surface area (Å²) >= 11 is 6.23. The van der Waals surface area contributed by atoms with Crippen LogP contribution < -0.4 is 10.6 Å². The van der Waals surface area contributed by atoms with Crippen LogP contribution in [0, 0.1) is 6.92 Å². The number of nitrogens with zero attached hydrogens (tertiary/aromatic N) is 1. The lowest BCUT2D eigenvalue weighted by atomic mass is 10.0. The van der Waals surface area contributed by atoms with E-state index in [1.807, 2.05) is 30.3 Å². The van der Waals surface area contributed by atoms with Crippen molar-refractivity contribution in [2.75, 3.05) is 20.1 Å². The first-order valence-corrected chi connectivity index (χ1v) is 11.8. The molecule has 178 valence electrons. The Labute approximate surface area is 203 Å². The Bertz CT molecular complexity index is 1220. The normalized spacial score (nSPS) is 14.0. The highest BCUT2D eigenvalue weighted by Gasteiger charge is 2.26. The van der Waals surface area contributed by atoms with E-state index >= 15 is 0 Å². The zero-order chi connectivity index (χ0) is 24.2. The van der Waals surface area contributed by atoms with Crippen molar-refractivity contribution in [3.8, 4) is 0 Å². The molecule has 0 saturated heterocycles. The predicted molar refractivity (Wildman–Crippen MR) is 133 cm³/mol. The van der Waals surface area contributed by atoms with Gasteiger partial charge < -0.3 is 20.5 Å². The van der Waals surface area contributed by atoms with Crippen LogP contribution in [0.15, 0.2) is 42.6 Å². The van der Waals surface area contributed by atoms with Crippen LogP contribution in [-0.2, 0) is 16.0 Å². The number of likely N-dealkylation sites (N-methyl/N-ethyl adjacent to an activating group) is 1. The number of H-pyrrole nitrogens is 1. The maximum Gasteiger partial charge on any atom is 0.251 e. The number of amides is 3. The Morgan fingerprint density at radius 2 is 2.06 bits per heavy atom. The molecule has 1 aliphatic carbocycles. The summed E-state index contributed by atoms with van der Waals surface area (Å²) in [6.45, 7) is 2.71. The fourth-order valence-electron chi connectivity index (χ4n) is 4.30. The molecule has 0 aliphatic heterocycles. The molecule has 1 heterocycles. The second-order valence-corrected chi connectivity index (χ2v) is 9.29. The first-order chi connectivity index (χ1) is 16.4. The van der Waals surface area contributed by atoms with Crippen LogP contribution >= 0.6 is 11.6 Å². The molecule has 4 rings (SSSR count). The van der Waals surface area contributed by atoms with Gasteiger partial charge >= 0.3 is 0 Å². The monoisotopic (exact) mass is 480 g/mol. The van der Waals surface area contributed by atoms with Gasteiger partial charge in [-0.2, -0.15) is 0 Å². The predicted octanol–water partition coefficient (Wildman–Crippen LogP) is 3.55. The van der Waals surface area contributed by atoms with Crippen molar-refractivity contribution in [3.63, 3.8) is 0 Å². The fourth-order valence-corrected chi connectivity index (χ4v) is 4.52. The number of hydrogen-bond acceptors (Lipinski definition) is 3. The van der Waals surface area contributed by atoms with Crippen molar-refractivity contribution in [1.29, 1.82) is 0 Å². The van der Waals surface area contributed by atoms with Gasteiger partial charge in [-0.3, -0.25) is 14.4 Å². The van der Waals surface area contributed by atoms with Crippen LogP contribution in [0.1, 0.15) is 45.8 Å². The van der Waals surface area contributed by atoms with Gasteiger partial charge in [0.2, 0.25) is 12.3 Å². The average molecular weight is 481 g/mol. The summed E-state index contributed by atoms with van der Waals surface area (Å²) in [6, 6.07) is 10.6. The second-order valence-electron chi connectivity index (χ2n) is 8.88. The highest BCUT2D eigenvalue weighted by molar-refractivity contribution is 6.35. The quantitative estimate of drug-likeness (QED) is 0.387. The molecule has 34 heavy (non-hydrogen) atoms. The van der Waals surface area contributed by atoms with Crippen molar-refractivity contribution in [3.05, 3.63) is 69.9 Å². The molecule has 1 saturated carbocycles. The van der Waals surface area contributed by atoms with Crippen LogP contribution in [0.2, 0.25) is 5.02 Å². The smallest absolute Gasteiger partial charge is 0.251 e. The van der Waals surface area contributed by atoms with Crippen LogP contribution in [0.5, 0.6) is 0 Å². The van der Waals surface area contributed by atoms with Crippen LogP contribution in [0.4, 0.5) is 0 Å². The number of para-hydroxylation sites is 1. The molecule has 0 bridgehead atoms. The second kappa shape index (κ2) is 10.3. The lowest BCUT2D eigenvalue weighted by molar-refractivity contribution is -0.133. The topological polar surface area (TPSA) is 94.3 Å². The van der Waals surface area contributed by atoms with E-state index in [1.54, 1.807) is 19.3 Å². The van der Waals surface area contributed by atoms with E-state index in [0.717, 1.165) is 16.5 Å². The minimum atomic E-state index is -0.727. The number of hydrogen-bond donors (Lipinski definition) is 3. The summed E-state index contributed by atoms with van der Waals surface area (Å²) in [5.74, 6) is 0.192. The molecule has 0 radical (unpaired) electrons. The van der Waals surface area contributed by atoms with E-state index in [9.17, 15) is 14.4 Å². The number of rotatable bonds is 10. The molecule has 1 aromatic heterocycles. The Morgan fingerprint density at radius 3 is 2.79 bits per heavy atom. The summed E-state index contributed by atoms with van der Waals surface area (Å²) in [4.78, 5) is 41.5. The van der Waals surface area contributed by atoms with E-state index in [1.165, 1.54) is 28.9 Å². The number of benzene rings is 2. The highest BCUT2D eigenvalue weighted by Crippen LogP contribution is 2.41. The number of fused-ring (bicyclic) bond motifs is 1. The summed E-state index contributed by atoms with van der Waals surface area (Å²) in [7, 11) is 1.66. The molecule has 3 amide bonds. The van der Waals surface area contributed by atoms with Gasteiger partial charge in [0.1, 0.15) is 6.04 Å². The van der Waals surface area contributed by atoms with Crippen LogP contribution in [0.25, 0.3) is 10.9 Å². The fraction of sp³-hybridized carbons (Fsp3) is 0.346. The van der Waals surface area contributed by atoms with Crippen molar-refractivity contribution < 1.29 is 14.4 Å². The number of aryl methyl sites for hydroxylation is 1. The molecule has 1 aliphatic rings. The molecular formula is C26H29ClN4O3. The van der Waals surface area contributed by atoms with Gasteiger partial charge in [0.15, 0.2) is 0 Å². The molecule has 8 heteroatoms. The van der Waals surface area contributed by atoms with E-state index in [2.05, 4.69) is 22.5 Å². The summed E-state index contributed by atoms with van der Waals surface area (Å²) in [5.41, 5.74) is 4.79. The van der Waals surface area contributed by atoms with E-state index in [4.69, 9.17) is 11.6 Å². The molecule has 0 spiro atoms. The number of halogens is 1. The van der Waals surface area contributed by atoms with Gasteiger partial charge in [0, 0.05) is 43.7 Å². The Hall–Kier alpha value is -3.32. The molecule has 1 unspecified atom stereocenters. The maximum absolute atomic E-state index is 13.0. The van der Waals surface area contributed by atoms with Gasteiger partial charge in [0.25, 0.3) is 5.91 Å². The first-order valence-electron chi connectivity index (χ1n) is 11.5. The van der Waals surface area contributed by atoms with Gasteiger partial charge in [0.05, 0.1) is 10.5 Å². The summed E-state index contributed by atoms with van der Waals surface area (Å²) in [6.07, 6.45) is 5.03. The zero-order valence-electron chi connectivity index (χ0n) is 19.4. The average Bonchev–Trinajstić information content (AvgIpc) is 3.59. The summed E-state index contributed by atoms with van der Waals surface area (Å²) < 4.78 is 0. The zero-order valence-corrected chi connectivity index (χ0v) is 20.1. The minimum absolute atomic E-state index is 0.152. The molecule has 1 atom stereocenters. The lowest BCUT2D eigenvalue weighted by Crippen LogP contribution is -2.47. The van der Waals surface area contributed by atoms with Crippen LogP contribution in [0.3, 0.4) is 0 Å². The van der Waals surface area contributed by atoms with Crippen molar-refractivity contribution >= 4 is 40.7 Å². The van der Waals surface area contributed by atoms with E-state index < -0.39 is 6.04 Å². The van der Waals surface area contributed by atoms with Gasteiger partial charge in [-0.1, -0.05) is 29.8 Å². The third-order valence-corrected chi connectivity index (χ3v) is 6.72. The summed E-state index contributed by atoms with van der Waals surface area (Å²) in [5, 5.41) is 7.03. The standard InChI is InChI=1S/C26H29ClN4O3/c1-16-6-7-18(12-21(16)17-8-9-17)25(33)28-10-11-31(2)26(34)23(30-15-32)13-19-14-29-24-20(19)4-3-5-22(24)27/h3-7,12,14-15,17,23,29H,8-11,13H2,1-2H3,(H,28,33)(H,30,32). The van der Waals surface area contributed by atoms with Crippen molar-refractivity contribution in [1.82, 2.24) is 20.5 Å². The highest BCUT2D eigenvalue weighted by atomic mass is 35.5. The third kappa shape index (κ3) is 5.25. The number of carbonyl (C=O) groups is 3. The molecule has 7 nitrogen and oxygen atoms in total. The maximum atomic E-state index is 13.0. The largest absolute Gasteiger partial charge is 0.360 e. The van der Waals surface area contributed by atoms with E-state index in [0.29, 0.717) is 42.4 Å². The Balaban J connectivity index is 1.34. The number of aromatic amines is 1. The number of carbonyl (C=O) groups excluding carboxylic acids is 3. The Kier molecular flexibility index (Phi) is 7.22. The van der Waals surface area contributed by atoms with Crippen LogP contribution in [-0.4, -0.2) is 54.3 Å². The Morgan fingerprint density at radius 1 is 1.26 bits per heavy atom. The van der Waals surface area contributed by atoms with Crippen molar-refractivity contribution in [2.45, 2.75) is 38.1 Å².